The van der Waals surface area contributed by atoms with Gasteiger partial charge in [0.05, 0.1) is 42.2 Å². The second-order valence-electron chi connectivity index (χ2n) is 15.3. The summed E-state index contributed by atoms with van der Waals surface area (Å²) in [7, 11) is 1.57. The largest absolute Gasteiger partial charge is 0.393 e. The first kappa shape index (κ1) is 32.3. The summed E-state index contributed by atoms with van der Waals surface area (Å²) in [6.07, 6.45) is 5.79. The van der Waals surface area contributed by atoms with E-state index in [-0.39, 0.29) is 41.0 Å². The molecule has 9 heteroatoms. The van der Waals surface area contributed by atoms with Gasteiger partial charge in [-0.25, -0.2) is 0 Å². The highest BCUT2D eigenvalue weighted by Crippen LogP contribution is 2.68. The van der Waals surface area contributed by atoms with Crippen molar-refractivity contribution in [1.29, 1.82) is 0 Å². The van der Waals surface area contributed by atoms with Gasteiger partial charge in [-0.05, 0) is 95.3 Å². The van der Waals surface area contributed by atoms with Gasteiger partial charge in [0.25, 0.3) is 0 Å². The van der Waals surface area contributed by atoms with E-state index in [2.05, 4.69) is 19.9 Å². The van der Waals surface area contributed by atoms with Gasteiger partial charge < -0.3 is 44.1 Å². The van der Waals surface area contributed by atoms with E-state index in [1.165, 1.54) is 5.57 Å². The fraction of sp³-hybridized carbons (Fsp3) is 0.941. The van der Waals surface area contributed by atoms with Gasteiger partial charge in [-0.2, -0.15) is 0 Å². The minimum absolute atomic E-state index is 0.0206. The molecule has 3 saturated carbocycles. The Balaban J connectivity index is 1.07. The van der Waals surface area contributed by atoms with Crippen molar-refractivity contribution in [2.75, 3.05) is 7.11 Å². The highest BCUT2D eigenvalue weighted by Gasteiger charge is 2.66. The molecule has 43 heavy (non-hydrogen) atoms. The molecular formula is C34H56O9. The molecule has 2 saturated heterocycles. The molecule has 0 bridgehead atoms. The molecule has 4 aliphatic carbocycles. The lowest BCUT2D eigenvalue weighted by molar-refractivity contribution is -0.317. The number of aliphatic hydroxyl groups excluding tert-OH is 3. The molecule has 0 aromatic heterocycles. The minimum atomic E-state index is -0.766. The van der Waals surface area contributed by atoms with E-state index in [0.717, 1.165) is 51.4 Å². The van der Waals surface area contributed by atoms with Crippen molar-refractivity contribution in [3.63, 3.8) is 0 Å². The molecular weight excluding hydrogens is 552 g/mol. The van der Waals surface area contributed by atoms with Crippen LogP contribution in [0.3, 0.4) is 0 Å². The third-order valence-corrected chi connectivity index (χ3v) is 13.2. The summed E-state index contributed by atoms with van der Waals surface area (Å²) in [5, 5.41) is 44.1. The first-order chi connectivity index (χ1) is 20.3. The number of aliphatic hydroxyl groups is 4. The molecule has 9 nitrogen and oxygen atoms in total. The Labute approximate surface area is 257 Å². The first-order valence-electron chi connectivity index (χ1n) is 16.9. The zero-order chi connectivity index (χ0) is 30.9. The van der Waals surface area contributed by atoms with E-state index < -0.39 is 48.7 Å². The number of hydrogen-bond acceptors (Lipinski definition) is 9. The van der Waals surface area contributed by atoms with Crippen molar-refractivity contribution < 1.29 is 44.1 Å². The van der Waals surface area contributed by atoms with E-state index >= 15 is 0 Å². The topological polar surface area (TPSA) is 127 Å². The average Bonchev–Trinajstić information content (AvgIpc) is 3.24. The number of ether oxygens (including phenoxy) is 5. The fourth-order valence-corrected chi connectivity index (χ4v) is 10.5. The maximum Gasteiger partial charge on any atom is 0.161 e. The van der Waals surface area contributed by atoms with Crippen LogP contribution in [0.25, 0.3) is 0 Å². The van der Waals surface area contributed by atoms with Crippen molar-refractivity contribution in [1.82, 2.24) is 0 Å². The van der Waals surface area contributed by atoms with Crippen LogP contribution in [0.2, 0.25) is 0 Å². The highest BCUT2D eigenvalue weighted by molar-refractivity contribution is 5.28. The SMILES string of the molecule is CO[C@H]1C[C@H](O[C@H]2[C@@H](O)C[C@H](O[C@H]3CC[C@@]4(C)C(=CC[C@@H]5[C@@H]4CC[C@]4(C)[C@@H]([C@H](C)O)CC[C@]54O)C3)O[C@@H]2C)O[C@H](C)[C@H]1O. The van der Waals surface area contributed by atoms with Crippen LogP contribution in [-0.2, 0) is 23.7 Å². The molecule has 16 atom stereocenters. The quantitative estimate of drug-likeness (QED) is 0.333. The third-order valence-electron chi connectivity index (χ3n) is 13.2. The van der Waals surface area contributed by atoms with Gasteiger partial charge in [-0.15, -0.1) is 0 Å². The van der Waals surface area contributed by atoms with Crippen LogP contribution in [0, 0.1) is 28.6 Å². The highest BCUT2D eigenvalue weighted by atomic mass is 16.7. The van der Waals surface area contributed by atoms with Gasteiger partial charge in [0.1, 0.15) is 12.2 Å². The summed E-state index contributed by atoms with van der Waals surface area (Å²) >= 11 is 0. The number of allylic oxidation sites excluding steroid dienone is 1. The van der Waals surface area contributed by atoms with Crippen LogP contribution in [0.4, 0.5) is 0 Å². The van der Waals surface area contributed by atoms with E-state index in [1.54, 1.807) is 14.0 Å². The van der Waals surface area contributed by atoms with Crippen LogP contribution in [0.1, 0.15) is 98.8 Å². The summed E-state index contributed by atoms with van der Waals surface area (Å²) in [6.45, 7) is 10.2. The number of methoxy groups -OCH3 is 1. The Morgan fingerprint density at radius 2 is 1.65 bits per heavy atom. The van der Waals surface area contributed by atoms with Crippen molar-refractivity contribution in [2.24, 2.45) is 28.6 Å². The molecule has 2 aliphatic heterocycles. The normalized spacial score (nSPS) is 54.2. The fourth-order valence-electron chi connectivity index (χ4n) is 10.5. The molecule has 0 unspecified atom stereocenters. The Hall–Kier alpha value is -0.620. The first-order valence-corrected chi connectivity index (χ1v) is 16.9. The molecule has 0 aromatic rings. The summed E-state index contributed by atoms with van der Waals surface area (Å²) in [6, 6.07) is 0. The lowest BCUT2D eigenvalue weighted by Crippen LogP contribution is -2.61. The Bertz CT molecular complexity index is 1020. The molecule has 6 rings (SSSR count). The van der Waals surface area contributed by atoms with Gasteiger partial charge >= 0.3 is 0 Å². The third kappa shape index (κ3) is 5.36. The lowest BCUT2D eigenvalue weighted by atomic mass is 9.45. The number of rotatable bonds is 6. The van der Waals surface area contributed by atoms with E-state index in [1.807, 2.05) is 13.8 Å². The van der Waals surface area contributed by atoms with Crippen LogP contribution >= 0.6 is 0 Å². The number of fused-ring (bicyclic) bond motifs is 5. The van der Waals surface area contributed by atoms with Crippen LogP contribution in [0.15, 0.2) is 11.6 Å². The zero-order valence-electron chi connectivity index (χ0n) is 27.0. The Morgan fingerprint density at radius 1 is 0.930 bits per heavy atom. The maximum absolute atomic E-state index is 12.2. The van der Waals surface area contributed by atoms with Crippen molar-refractivity contribution in [3.8, 4) is 0 Å². The molecule has 5 fully saturated rings. The van der Waals surface area contributed by atoms with Crippen molar-refractivity contribution >= 4 is 0 Å². The molecule has 0 spiro atoms. The van der Waals surface area contributed by atoms with Gasteiger partial charge in [-0.1, -0.05) is 25.5 Å². The second kappa shape index (κ2) is 11.9. The molecule has 0 aromatic carbocycles. The Morgan fingerprint density at radius 3 is 2.35 bits per heavy atom. The predicted octanol–water partition coefficient (Wildman–Crippen LogP) is 3.84. The van der Waals surface area contributed by atoms with E-state index in [0.29, 0.717) is 18.8 Å². The van der Waals surface area contributed by atoms with Crippen molar-refractivity contribution in [2.45, 2.75) is 166 Å². The van der Waals surface area contributed by atoms with E-state index in [9.17, 15) is 20.4 Å². The summed E-state index contributed by atoms with van der Waals surface area (Å²) in [5.41, 5.74) is 0.552. The second-order valence-corrected chi connectivity index (χ2v) is 15.3. The molecule has 2 heterocycles. The van der Waals surface area contributed by atoms with Gasteiger partial charge in [0.15, 0.2) is 12.6 Å². The molecule has 0 radical (unpaired) electrons. The number of hydrogen-bond donors (Lipinski definition) is 4. The van der Waals surface area contributed by atoms with Crippen molar-refractivity contribution in [3.05, 3.63) is 11.6 Å². The van der Waals surface area contributed by atoms with Gasteiger partial charge in [0.2, 0.25) is 0 Å². The monoisotopic (exact) mass is 608 g/mol. The lowest BCUT2D eigenvalue weighted by Gasteiger charge is -2.61. The van der Waals surface area contributed by atoms with E-state index in [4.69, 9.17) is 23.7 Å². The molecule has 246 valence electrons. The van der Waals surface area contributed by atoms with Gasteiger partial charge in [-0.3, -0.25) is 0 Å². The summed E-state index contributed by atoms with van der Waals surface area (Å²) in [4.78, 5) is 0. The Kier molecular flexibility index (Phi) is 8.93. The van der Waals surface area contributed by atoms with Crippen LogP contribution in [-0.4, -0.2) is 94.5 Å². The van der Waals surface area contributed by atoms with Crippen LogP contribution in [0.5, 0.6) is 0 Å². The summed E-state index contributed by atoms with van der Waals surface area (Å²) < 4.78 is 30.2. The molecule has 0 amide bonds. The standard InChI is InChI=1S/C34H56O9/c1-18(35)23-11-14-34(38)25-8-7-21-15-22(9-12-32(21,4)24(25)10-13-33(23,34)5)42-28-16-26(36)31(20(3)41-28)43-29-17-27(39-6)30(37)19(2)40-29/h7,18-20,22-31,35-38H,8-17H2,1-6H3/t18-,19+,20+,22-,23+,24-,25+,26-,27-,28-,29-,30+,31+,32-,33+,34-/m0/s1. The predicted molar refractivity (Wildman–Crippen MR) is 159 cm³/mol. The molecule has 6 aliphatic rings. The maximum atomic E-state index is 12.2. The average molecular weight is 609 g/mol. The van der Waals surface area contributed by atoms with Crippen LogP contribution < -0.4 is 0 Å². The summed E-state index contributed by atoms with van der Waals surface area (Å²) in [5.74, 6) is 0.829. The molecule has 4 N–H and O–H groups in total. The minimum Gasteiger partial charge on any atom is -0.393 e. The zero-order valence-corrected chi connectivity index (χ0v) is 27.0. The smallest absolute Gasteiger partial charge is 0.161 e. The van der Waals surface area contributed by atoms with Gasteiger partial charge in [0, 0.05) is 25.4 Å².